The summed E-state index contributed by atoms with van der Waals surface area (Å²) in [5.41, 5.74) is 2.60. The molecule has 9 heteroatoms. The maximum absolute atomic E-state index is 12.8. The molecule has 5 rings (SSSR count). The highest BCUT2D eigenvalue weighted by molar-refractivity contribution is 7.22. The molecule has 2 aliphatic rings. The maximum Gasteiger partial charge on any atom is 0.262 e. The topological polar surface area (TPSA) is 73.8 Å². The molecule has 1 saturated heterocycles. The smallest absolute Gasteiger partial charge is 0.262 e. The zero-order valence-electron chi connectivity index (χ0n) is 16.8. The van der Waals surface area contributed by atoms with Gasteiger partial charge in [0.2, 0.25) is 5.91 Å². The Kier molecular flexibility index (Phi) is 4.91. The number of nitrogens with zero attached hydrogens (tertiary/aromatic N) is 4. The summed E-state index contributed by atoms with van der Waals surface area (Å²) in [5.74, 6) is -1.03. The summed E-state index contributed by atoms with van der Waals surface area (Å²) in [6.07, 6.45) is 0. The van der Waals surface area contributed by atoms with E-state index in [4.69, 9.17) is 16.6 Å². The molecule has 31 heavy (non-hydrogen) atoms. The number of hydrogen-bond acceptors (Lipinski definition) is 6. The first-order valence-electron chi connectivity index (χ1n) is 9.97. The molecule has 0 unspecified atom stereocenters. The largest absolute Gasteiger partial charge is 0.345 e. The van der Waals surface area contributed by atoms with E-state index in [1.807, 2.05) is 19.1 Å². The van der Waals surface area contributed by atoms with Gasteiger partial charge in [-0.2, -0.15) is 0 Å². The molecule has 158 valence electrons. The van der Waals surface area contributed by atoms with Crippen LogP contribution < -0.4 is 4.90 Å². The molecular formula is C22H19ClN4O3S. The van der Waals surface area contributed by atoms with Crippen molar-refractivity contribution in [3.8, 4) is 0 Å². The Morgan fingerprint density at radius 1 is 1.03 bits per heavy atom. The third-order valence-electron chi connectivity index (χ3n) is 5.81. The van der Waals surface area contributed by atoms with Crippen molar-refractivity contribution < 1.29 is 14.4 Å². The fraction of sp³-hybridized carbons (Fsp3) is 0.273. The van der Waals surface area contributed by atoms with Crippen LogP contribution in [-0.2, 0) is 4.79 Å². The Labute approximate surface area is 187 Å². The van der Waals surface area contributed by atoms with E-state index in [0.29, 0.717) is 42.3 Å². The summed E-state index contributed by atoms with van der Waals surface area (Å²) in [4.78, 5) is 47.5. The van der Waals surface area contributed by atoms with Crippen molar-refractivity contribution in [2.24, 2.45) is 0 Å². The SMILES string of the molecule is Cc1c(Cl)ccc2sc(N3CCN(C(=O)CN4C(=O)c5ccccc5C4=O)CC3)nc12. The number of carbonyl (C=O) groups excluding carboxylic acids is 3. The lowest BCUT2D eigenvalue weighted by Crippen LogP contribution is -2.51. The minimum atomic E-state index is -0.406. The molecule has 0 bridgehead atoms. The molecule has 2 aliphatic heterocycles. The van der Waals surface area contributed by atoms with Crippen LogP contribution in [0.1, 0.15) is 26.3 Å². The molecule has 2 aromatic carbocycles. The quantitative estimate of drug-likeness (QED) is 0.568. The molecule has 3 heterocycles. The molecule has 0 radical (unpaired) electrons. The molecule has 7 nitrogen and oxygen atoms in total. The maximum atomic E-state index is 12.8. The van der Waals surface area contributed by atoms with Crippen LogP contribution in [-0.4, -0.2) is 65.2 Å². The van der Waals surface area contributed by atoms with E-state index < -0.39 is 11.8 Å². The Bertz CT molecular complexity index is 1200. The van der Waals surface area contributed by atoms with E-state index >= 15 is 0 Å². The monoisotopic (exact) mass is 454 g/mol. The number of imide groups is 1. The summed E-state index contributed by atoms with van der Waals surface area (Å²) >= 11 is 7.82. The number of fused-ring (bicyclic) bond motifs is 2. The second-order valence-corrected chi connectivity index (χ2v) is 9.04. The number of aryl methyl sites for hydroxylation is 1. The highest BCUT2D eigenvalue weighted by Crippen LogP contribution is 2.34. The number of thiazole rings is 1. The van der Waals surface area contributed by atoms with Crippen molar-refractivity contribution in [3.63, 3.8) is 0 Å². The van der Waals surface area contributed by atoms with Crippen molar-refractivity contribution in [1.82, 2.24) is 14.8 Å². The first kappa shape index (κ1) is 20.0. The number of halogens is 1. The van der Waals surface area contributed by atoms with E-state index in [-0.39, 0.29) is 12.5 Å². The van der Waals surface area contributed by atoms with E-state index in [9.17, 15) is 14.4 Å². The molecular weight excluding hydrogens is 436 g/mol. The average molecular weight is 455 g/mol. The highest BCUT2D eigenvalue weighted by Gasteiger charge is 2.37. The lowest BCUT2D eigenvalue weighted by atomic mass is 10.1. The second-order valence-electron chi connectivity index (χ2n) is 7.63. The van der Waals surface area contributed by atoms with Gasteiger partial charge < -0.3 is 9.80 Å². The second kappa shape index (κ2) is 7.62. The van der Waals surface area contributed by atoms with Gasteiger partial charge in [0.05, 0.1) is 21.3 Å². The van der Waals surface area contributed by atoms with Gasteiger partial charge in [-0.15, -0.1) is 0 Å². The fourth-order valence-corrected chi connectivity index (χ4v) is 5.22. The third-order valence-corrected chi connectivity index (χ3v) is 7.30. The summed E-state index contributed by atoms with van der Waals surface area (Å²) in [6.45, 7) is 4.03. The number of benzene rings is 2. The van der Waals surface area contributed by atoms with Crippen LogP contribution in [0.25, 0.3) is 10.2 Å². The lowest BCUT2D eigenvalue weighted by molar-refractivity contribution is -0.131. The number of piperazine rings is 1. The van der Waals surface area contributed by atoms with Crippen molar-refractivity contribution in [2.75, 3.05) is 37.6 Å². The zero-order chi connectivity index (χ0) is 21.7. The number of rotatable bonds is 3. The molecule has 3 aromatic rings. The normalized spacial score (nSPS) is 16.4. The minimum Gasteiger partial charge on any atom is -0.345 e. The summed E-state index contributed by atoms with van der Waals surface area (Å²) < 4.78 is 1.08. The number of hydrogen-bond donors (Lipinski definition) is 0. The van der Waals surface area contributed by atoms with Crippen molar-refractivity contribution in [1.29, 1.82) is 0 Å². The van der Waals surface area contributed by atoms with Crippen molar-refractivity contribution >= 4 is 56.0 Å². The van der Waals surface area contributed by atoms with Gasteiger partial charge in [-0.25, -0.2) is 4.98 Å². The standard InChI is InChI=1S/C22H19ClN4O3S/c1-13-16(23)6-7-17-19(13)24-22(31-17)26-10-8-25(9-11-26)18(28)12-27-20(29)14-4-2-3-5-15(14)21(27)30/h2-7H,8-12H2,1H3. The van der Waals surface area contributed by atoms with Crippen LogP contribution in [0.3, 0.4) is 0 Å². The fourth-order valence-electron chi connectivity index (χ4n) is 3.99. The number of anilines is 1. The van der Waals surface area contributed by atoms with Gasteiger partial charge in [-0.3, -0.25) is 19.3 Å². The third kappa shape index (κ3) is 3.36. The van der Waals surface area contributed by atoms with Crippen LogP contribution in [0.4, 0.5) is 5.13 Å². The molecule has 0 N–H and O–H groups in total. The Hall–Kier alpha value is -2.97. The van der Waals surface area contributed by atoms with Crippen LogP contribution >= 0.6 is 22.9 Å². The Morgan fingerprint density at radius 2 is 1.68 bits per heavy atom. The molecule has 0 atom stereocenters. The van der Waals surface area contributed by atoms with Gasteiger partial charge in [-0.05, 0) is 36.8 Å². The molecule has 0 spiro atoms. The summed E-state index contributed by atoms with van der Waals surface area (Å²) in [6, 6.07) is 10.5. The van der Waals surface area contributed by atoms with Crippen LogP contribution in [0, 0.1) is 6.92 Å². The molecule has 1 fully saturated rings. The van der Waals surface area contributed by atoms with Gasteiger partial charge >= 0.3 is 0 Å². The van der Waals surface area contributed by atoms with Crippen LogP contribution in [0.2, 0.25) is 5.02 Å². The Balaban J connectivity index is 1.24. The molecule has 3 amide bonds. The molecule has 1 aromatic heterocycles. The van der Waals surface area contributed by atoms with E-state index in [2.05, 4.69) is 4.90 Å². The number of aromatic nitrogens is 1. The van der Waals surface area contributed by atoms with Gasteiger partial charge in [0.1, 0.15) is 6.54 Å². The van der Waals surface area contributed by atoms with Gasteiger partial charge in [0, 0.05) is 31.2 Å². The highest BCUT2D eigenvalue weighted by atomic mass is 35.5. The predicted octanol–water partition coefficient (Wildman–Crippen LogP) is 3.20. The van der Waals surface area contributed by atoms with Gasteiger partial charge in [-0.1, -0.05) is 35.1 Å². The van der Waals surface area contributed by atoms with E-state index in [0.717, 1.165) is 25.8 Å². The first-order chi connectivity index (χ1) is 14.9. The Morgan fingerprint density at radius 3 is 2.32 bits per heavy atom. The summed E-state index contributed by atoms with van der Waals surface area (Å²) in [5, 5.41) is 1.61. The number of carbonyl (C=O) groups is 3. The van der Waals surface area contributed by atoms with Crippen LogP contribution in [0.5, 0.6) is 0 Å². The van der Waals surface area contributed by atoms with Crippen molar-refractivity contribution in [2.45, 2.75) is 6.92 Å². The first-order valence-corrected chi connectivity index (χ1v) is 11.2. The predicted molar refractivity (Wildman–Crippen MR) is 120 cm³/mol. The summed E-state index contributed by atoms with van der Waals surface area (Å²) in [7, 11) is 0. The van der Waals surface area contributed by atoms with Gasteiger partial charge in [0.25, 0.3) is 11.8 Å². The lowest BCUT2D eigenvalue weighted by Gasteiger charge is -2.35. The molecule has 0 saturated carbocycles. The minimum absolute atomic E-state index is 0.221. The van der Waals surface area contributed by atoms with Gasteiger partial charge in [0.15, 0.2) is 5.13 Å². The average Bonchev–Trinajstić information content (AvgIpc) is 3.33. The zero-order valence-corrected chi connectivity index (χ0v) is 18.4. The van der Waals surface area contributed by atoms with E-state index in [1.54, 1.807) is 40.5 Å². The molecule has 0 aliphatic carbocycles. The van der Waals surface area contributed by atoms with Crippen LogP contribution in [0.15, 0.2) is 36.4 Å². The number of amides is 3. The van der Waals surface area contributed by atoms with E-state index in [1.165, 1.54) is 0 Å². The van der Waals surface area contributed by atoms with Crippen molar-refractivity contribution in [3.05, 3.63) is 58.1 Å².